The van der Waals surface area contributed by atoms with Gasteiger partial charge in [0.25, 0.3) is 0 Å². The molecule has 1 rings (SSSR count). The highest BCUT2D eigenvalue weighted by Gasteiger charge is 2.11. The summed E-state index contributed by atoms with van der Waals surface area (Å²) in [5, 5.41) is 0.707. The summed E-state index contributed by atoms with van der Waals surface area (Å²) in [4.78, 5) is 13.5. The molecule has 0 aliphatic heterocycles. The number of carbonyl (C=O) groups excluding carboxylic acids is 1. The van der Waals surface area contributed by atoms with E-state index < -0.39 is 0 Å². The van der Waals surface area contributed by atoms with Gasteiger partial charge in [0.1, 0.15) is 0 Å². The standard InChI is InChI=1S/C13H19ClN2O/c1-2-3-8-16(13(17)9-15)10-11-4-6-12(14)7-5-11/h4-7H,2-3,8-10,15H2,1H3. The molecular formula is C13H19ClN2O. The monoisotopic (exact) mass is 254 g/mol. The van der Waals surface area contributed by atoms with Crippen molar-refractivity contribution in [1.82, 2.24) is 4.90 Å². The van der Waals surface area contributed by atoms with Gasteiger partial charge in [-0.15, -0.1) is 0 Å². The highest BCUT2D eigenvalue weighted by molar-refractivity contribution is 6.30. The van der Waals surface area contributed by atoms with Crippen LogP contribution in [0.1, 0.15) is 25.3 Å². The van der Waals surface area contributed by atoms with Gasteiger partial charge in [-0.25, -0.2) is 0 Å². The van der Waals surface area contributed by atoms with Crippen LogP contribution in [0.5, 0.6) is 0 Å². The largest absolute Gasteiger partial charge is 0.337 e. The third kappa shape index (κ3) is 4.75. The first-order chi connectivity index (χ1) is 8.17. The fourth-order valence-corrected chi connectivity index (χ4v) is 1.71. The normalized spacial score (nSPS) is 10.3. The van der Waals surface area contributed by atoms with Crippen LogP contribution in [0.3, 0.4) is 0 Å². The summed E-state index contributed by atoms with van der Waals surface area (Å²) in [7, 11) is 0. The van der Waals surface area contributed by atoms with Gasteiger partial charge in [0.2, 0.25) is 5.91 Å². The van der Waals surface area contributed by atoms with Gasteiger partial charge < -0.3 is 10.6 Å². The summed E-state index contributed by atoms with van der Waals surface area (Å²) in [5.41, 5.74) is 6.49. The third-order valence-corrected chi connectivity index (χ3v) is 2.85. The van der Waals surface area contributed by atoms with E-state index in [0.29, 0.717) is 11.6 Å². The van der Waals surface area contributed by atoms with E-state index in [0.717, 1.165) is 24.9 Å². The second-order valence-corrected chi connectivity index (χ2v) is 4.44. The van der Waals surface area contributed by atoms with Crippen molar-refractivity contribution in [3.63, 3.8) is 0 Å². The van der Waals surface area contributed by atoms with Gasteiger partial charge in [-0.05, 0) is 24.1 Å². The minimum atomic E-state index is -0.00611. The predicted molar refractivity (Wildman–Crippen MR) is 70.8 cm³/mol. The molecule has 0 saturated heterocycles. The first-order valence-corrected chi connectivity index (χ1v) is 6.27. The molecule has 0 unspecified atom stereocenters. The number of carbonyl (C=O) groups is 1. The van der Waals surface area contributed by atoms with Gasteiger partial charge in [0.15, 0.2) is 0 Å². The molecule has 0 aromatic heterocycles. The molecule has 94 valence electrons. The zero-order valence-electron chi connectivity index (χ0n) is 10.2. The van der Waals surface area contributed by atoms with E-state index in [2.05, 4.69) is 6.92 Å². The number of halogens is 1. The van der Waals surface area contributed by atoms with Crippen LogP contribution in [-0.2, 0) is 11.3 Å². The maximum atomic E-state index is 11.7. The van der Waals surface area contributed by atoms with Crippen molar-refractivity contribution < 1.29 is 4.79 Å². The molecule has 1 aromatic rings. The number of nitrogens with two attached hydrogens (primary N) is 1. The summed E-state index contributed by atoms with van der Waals surface area (Å²) in [6.45, 7) is 3.53. The molecule has 3 nitrogen and oxygen atoms in total. The quantitative estimate of drug-likeness (QED) is 0.848. The van der Waals surface area contributed by atoms with Crippen LogP contribution in [0.2, 0.25) is 5.02 Å². The SMILES string of the molecule is CCCCN(Cc1ccc(Cl)cc1)C(=O)CN. The number of amides is 1. The van der Waals surface area contributed by atoms with Gasteiger partial charge in [0, 0.05) is 18.1 Å². The number of rotatable bonds is 6. The molecule has 0 saturated carbocycles. The smallest absolute Gasteiger partial charge is 0.236 e. The van der Waals surface area contributed by atoms with Crippen LogP contribution >= 0.6 is 11.6 Å². The topological polar surface area (TPSA) is 46.3 Å². The molecule has 2 N–H and O–H groups in total. The highest BCUT2D eigenvalue weighted by Crippen LogP contribution is 2.12. The minimum Gasteiger partial charge on any atom is -0.337 e. The second-order valence-electron chi connectivity index (χ2n) is 4.00. The van der Waals surface area contributed by atoms with E-state index in [1.165, 1.54) is 0 Å². The van der Waals surface area contributed by atoms with Gasteiger partial charge >= 0.3 is 0 Å². The van der Waals surface area contributed by atoms with Crippen LogP contribution in [0.4, 0.5) is 0 Å². The maximum Gasteiger partial charge on any atom is 0.236 e. The molecule has 0 aliphatic rings. The Balaban J connectivity index is 2.64. The van der Waals surface area contributed by atoms with Crippen LogP contribution in [0, 0.1) is 0 Å². The molecule has 0 fully saturated rings. The molecule has 0 spiro atoms. The molecule has 0 radical (unpaired) electrons. The molecular weight excluding hydrogens is 236 g/mol. The van der Waals surface area contributed by atoms with Crippen molar-refractivity contribution in [2.75, 3.05) is 13.1 Å². The van der Waals surface area contributed by atoms with Crippen molar-refractivity contribution in [3.8, 4) is 0 Å². The number of hydrogen-bond acceptors (Lipinski definition) is 2. The molecule has 0 aliphatic carbocycles. The second kappa shape index (κ2) is 7.30. The number of benzene rings is 1. The summed E-state index contributed by atoms with van der Waals surface area (Å²) in [6, 6.07) is 7.54. The van der Waals surface area contributed by atoms with E-state index in [1.54, 1.807) is 4.90 Å². The molecule has 4 heteroatoms. The Bertz CT molecular complexity index is 351. The Labute approximate surface area is 108 Å². The number of nitrogens with zero attached hydrogens (tertiary/aromatic N) is 1. The summed E-state index contributed by atoms with van der Waals surface area (Å²) < 4.78 is 0. The van der Waals surface area contributed by atoms with Gasteiger partial charge in [0.05, 0.1) is 6.54 Å². The predicted octanol–water partition coefficient (Wildman–Crippen LogP) is 2.43. The van der Waals surface area contributed by atoms with E-state index in [9.17, 15) is 4.79 Å². The first kappa shape index (κ1) is 14.0. The van der Waals surface area contributed by atoms with Crippen molar-refractivity contribution in [1.29, 1.82) is 0 Å². The Morgan fingerprint density at radius 2 is 2.00 bits per heavy atom. The van der Waals surface area contributed by atoms with E-state index in [-0.39, 0.29) is 12.5 Å². The van der Waals surface area contributed by atoms with E-state index in [4.69, 9.17) is 17.3 Å². The molecule has 0 atom stereocenters. The Morgan fingerprint density at radius 3 is 2.53 bits per heavy atom. The van der Waals surface area contributed by atoms with E-state index in [1.807, 2.05) is 24.3 Å². The van der Waals surface area contributed by atoms with Crippen molar-refractivity contribution in [2.45, 2.75) is 26.3 Å². The summed E-state index contributed by atoms with van der Waals surface area (Å²) in [5.74, 6) is -0.00611. The fourth-order valence-electron chi connectivity index (χ4n) is 1.58. The maximum absolute atomic E-state index is 11.7. The third-order valence-electron chi connectivity index (χ3n) is 2.60. The Morgan fingerprint density at radius 1 is 1.35 bits per heavy atom. The lowest BCUT2D eigenvalue weighted by Crippen LogP contribution is -2.36. The number of hydrogen-bond donors (Lipinski definition) is 1. The average Bonchev–Trinajstić information content (AvgIpc) is 2.36. The number of unbranched alkanes of at least 4 members (excludes halogenated alkanes) is 1. The fraction of sp³-hybridized carbons (Fsp3) is 0.462. The molecule has 0 heterocycles. The zero-order chi connectivity index (χ0) is 12.7. The lowest BCUT2D eigenvalue weighted by atomic mass is 10.2. The minimum absolute atomic E-state index is 0.00611. The van der Waals surface area contributed by atoms with Crippen molar-refractivity contribution in [3.05, 3.63) is 34.9 Å². The van der Waals surface area contributed by atoms with Crippen LogP contribution in [0.15, 0.2) is 24.3 Å². The van der Waals surface area contributed by atoms with Crippen LogP contribution in [0.25, 0.3) is 0 Å². The van der Waals surface area contributed by atoms with Gasteiger partial charge in [-0.1, -0.05) is 37.1 Å². The van der Waals surface area contributed by atoms with Crippen LogP contribution in [-0.4, -0.2) is 23.9 Å². The summed E-state index contributed by atoms with van der Waals surface area (Å²) in [6.07, 6.45) is 2.06. The molecule has 1 amide bonds. The van der Waals surface area contributed by atoms with E-state index >= 15 is 0 Å². The van der Waals surface area contributed by atoms with Crippen LogP contribution < -0.4 is 5.73 Å². The molecule has 17 heavy (non-hydrogen) atoms. The van der Waals surface area contributed by atoms with Crippen molar-refractivity contribution in [2.24, 2.45) is 5.73 Å². The molecule has 0 bridgehead atoms. The highest BCUT2D eigenvalue weighted by atomic mass is 35.5. The zero-order valence-corrected chi connectivity index (χ0v) is 10.9. The summed E-state index contributed by atoms with van der Waals surface area (Å²) >= 11 is 5.82. The molecule has 1 aromatic carbocycles. The lowest BCUT2D eigenvalue weighted by Gasteiger charge is -2.22. The Hall–Kier alpha value is -1.06. The Kier molecular flexibility index (Phi) is 6.01. The average molecular weight is 255 g/mol. The lowest BCUT2D eigenvalue weighted by molar-refractivity contribution is -0.130. The first-order valence-electron chi connectivity index (χ1n) is 5.89. The van der Waals surface area contributed by atoms with Gasteiger partial charge in [-0.3, -0.25) is 4.79 Å². The van der Waals surface area contributed by atoms with Crippen molar-refractivity contribution >= 4 is 17.5 Å². The van der Waals surface area contributed by atoms with Gasteiger partial charge in [-0.2, -0.15) is 0 Å².